The summed E-state index contributed by atoms with van der Waals surface area (Å²) in [4.78, 5) is 28.7. The zero-order valence-corrected chi connectivity index (χ0v) is 25.1. The third-order valence-corrected chi connectivity index (χ3v) is 8.69. The average molecular weight is 591 g/mol. The summed E-state index contributed by atoms with van der Waals surface area (Å²) >= 11 is 12.8. The van der Waals surface area contributed by atoms with E-state index in [1.54, 1.807) is 0 Å². The molecule has 1 amide bonds. The van der Waals surface area contributed by atoms with Gasteiger partial charge < -0.3 is 20.7 Å². The number of carbonyl (C=O) groups is 1. The van der Waals surface area contributed by atoms with Crippen molar-refractivity contribution in [3.05, 3.63) is 39.6 Å². The second kappa shape index (κ2) is 13.1. The molecule has 0 unspecified atom stereocenters. The zero-order valence-electron chi connectivity index (χ0n) is 23.5. The molecular formula is C29H41Cl2N7O2. The maximum atomic E-state index is 12.5. The van der Waals surface area contributed by atoms with Crippen LogP contribution in [0, 0.1) is 0 Å². The number of anilines is 2. The van der Waals surface area contributed by atoms with E-state index in [1.807, 2.05) is 12.1 Å². The largest absolute Gasteiger partial charge is 0.493 e. The predicted octanol–water partition coefficient (Wildman–Crippen LogP) is 4.61. The first-order valence-electron chi connectivity index (χ1n) is 14.6. The Labute approximate surface area is 247 Å². The van der Waals surface area contributed by atoms with Gasteiger partial charge in [0, 0.05) is 54.9 Å². The van der Waals surface area contributed by atoms with Crippen molar-refractivity contribution in [2.45, 2.75) is 77.0 Å². The van der Waals surface area contributed by atoms with Gasteiger partial charge in [0.2, 0.25) is 0 Å². The first kappa shape index (κ1) is 29.2. The lowest BCUT2D eigenvalue weighted by Crippen LogP contribution is -2.58. The van der Waals surface area contributed by atoms with Crippen LogP contribution in [0.25, 0.3) is 0 Å². The van der Waals surface area contributed by atoms with Crippen LogP contribution in [-0.4, -0.2) is 83.1 Å². The van der Waals surface area contributed by atoms with Crippen LogP contribution in [0.15, 0.2) is 18.2 Å². The molecule has 0 spiro atoms. The van der Waals surface area contributed by atoms with E-state index in [2.05, 4.69) is 49.9 Å². The second-order valence-electron chi connectivity index (χ2n) is 11.2. The summed E-state index contributed by atoms with van der Waals surface area (Å²) in [5.41, 5.74) is 7.48. The van der Waals surface area contributed by atoms with Gasteiger partial charge in [-0.25, -0.2) is 9.97 Å². The van der Waals surface area contributed by atoms with Crippen molar-refractivity contribution < 1.29 is 9.53 Å². The first-order valence-corrected chi connectivity index (χ1v) is 15.4. The summed E-state index contributed by atoms with van der Waals surface area (Å²) in [5.74, 6) is 1.30. The molecule has 3 N–H and O–H groups in total. The maximum absolute atomic E-state index is 12.5. The molecule has 3 fully saturated rings. The second-order valence-corrected chi connectivity index (χ2v) is 12.0. The predicted molar refractivity (Wildman–Crippen MR) is 160 cm³/mol. The van der Waals surface area contributed by atoms with Gasteiger partial charge in [0.15, 0.2) is 22.5 Å². The highest BCUT2D eigenvalue weighted by Gasteiger charge is 2.35. The van der Waals surface area contributed by atoms with Crippen molar-refractivity contribution in [2.24, 2.45) is 0 Å². The van der Waals surface area contributed by atoms with Crippen molar-refractivity contribution in [1.82, 2.24) is 25.1 Å². The SMILES string of the molecule is CCCOc1cc(Cl)ccc1CN1CCC(N2CCN(c3nc(N)c(C(=O)NC4CC4)nc3Cl)C[C@@H]2CC)CC1. The number of nitrogens with zero attached hydrogens (tertiary/aromatic N) is 5. The molecular weight excluding hydrogens is 549 g/mol. The van der Waals surface area contributed by atoms with E-state index in [-0.39, 0.29) is 28.6 Å². The minimum atomic E-state index is -0.302. The van der Waals surface area contributed by atoms with Gasteiger partial charge in [0.25, 0.3) is 5.91 Å². The van der Waals surface area contributed by atoms with Gasteiger partial charge in [0.1, 0.15) is 5.75 Å². The highest BCUT2D eigenvalue weighted by Crippen LogP contribution is 2.31. The number of carbonyl (C=O) groups excluding carboxylic acids is 1. The Morgan fingerprint density at radius 2 is 1.88 bits per heavy atom. The number of hydrogen-bond acceptors (Lipinski definition) is 8. The minimum Gasteiger partial charge on any atom is -0.493 e. The summed E-state index contributed by atoms with van der Waals surface area (Å²) in [6.45, 7) is 10.6. The Morgan fingerprint density at radius 3 is 2.58 bits per heavy atom. The van der Waals surface area contributed by atoms with E-state index in [0.717, 1.165) is 83.5 Å². The number of halogens is 2. The van der Waals surface area contributed by atoms with Gasteiger partial charge in [0.05, 0.1) is 6.61 Å². The Bertz CT molecular complexity index is 1190. The Kier molecular flexibility index (Phi) is 9.56. The molecule has 11 heteroatoms. The summed E-state index contributed by atoms with van der Waals surface area (Å²) in [5, 5.41) is 3.85. The molecule has 1 aromatic carbocycles. The molecule has 1 atom stereocenters. The maximum Gasteiger partial charge on any atom is 0.274 e. The molecule has 218 valence electrons. The fourth-order valence-electron chi connectivity index (χ4n) is 5.83. The first-order chi connectivity index (χ1) is 19.4. The number of benzene rings is 1. The number of nitrogens with one attached hydrogen (secondary N) is 1. The number of rotatable bonds is 10. The quantitative estimate of drug-likeness (QED) is 0.414. The van der Waals surface area contributed by atoms with Crippen LogP contribution in [0.3, 0.4) is 0 Å². The summed E-state index contributed by atoms with van der Waals surface area (Å²) < 4.78 is 5.98. The molecule has 2 saturated heterocycles. The number of nitrogen functional groups attached to an aromatic ring is 1. The fourth-order valence-corrected chi connectivity index (χ4v) is 6.24. The third kappa shape index (κ3) is 6.93. The molecule has 3 heterocycles. The minimum absolute atomic E-state index is 0.112. The molecule has 0 bridgehead atoms. The summed E-state index contributed by atoms with van der Waals surface area (Å²) in [6, 6.07) is 7.13. The molecule has 1 aliphatic carbocycles. The molecule has 5 rings (SSSR count). The van der Waals surface area contributed by atoms with Gasteiger partial charge >= 0.3 is 0 Å². The number of amides is 1. The number of aromatic nitrogens is 2. The standard InChI is InChI=1S/C29H41Cl2N7O2/c1-3-15-40-24-16-20(30)6-5-19(24)17-36-11-9-23(10-12-36)38-14-13-37(18-22(38)4-2)28-26(31)34-25(27(32)35-28)29(39)33-21-7-8-21/h5-6,16,21-23H,3-4,7-15,17-18H2,1-2H3,(H2,32,35)(H,33,39)/t22-/m0/s1. The number of likely N-dealkylation sites (tertiary alicyclic amines) is 1. The van der Waals surface area contributed by atoms with E-state index >= 15 is 0 Å². The Hall–Kier alpha value is -2.33. The molecule has 2 aromatic rings. The number of hydrogen-bond donors (Lipinski definition) is 2. The lowest BCUT2D eigenvalue weighted by Gasteiger charge is -2.47. The van der Waals surface area contributed by atoms with Crippen molar-refractivity contribution >= 4 is 40.7 Å². The van der Waals surface area contributed by atoms with Gasteiger partial charge in [-0.2, -0.15) is 0 Å². The Balaban J connectivity index is 1.17. The van der Waals surface area contributed by atoms with Crippen LogP contribution in [0.4, 0.5) is 11.6 Å². The van der Waals surface area contributed by atoms with Crippen LogP contribution >= 0.6 is 23.2 Å². The van der Waals surface area contributed by atoms with E-state index in [1.165, 1.54) is 5.56 Å². The van der Waals surface area contributed by atoms with Crippen LogP contribution < -0.4 is 20.7 Å². The molecule has 1 aromatic heterocycles. The molecule has 1 saturated carbocycles. The third-order valence-electron chi connectivity index (χ3n) is 8.20. The molecule has 40 heavy (non-hydrogen) atoms. The van der Waals surface area contributed by atoms with E-state index in [0.29, 0.717) is 29.5 Å². The summed E-state index contributed by atoms with van der Waals surface area (Å²) in [6.07, 6.45) is 6.25. The molecule has 3 aliphatic rings. The lowest BCUT2D eigenvalue weighted by molar-refractivity contribution is 0.0608. The monoisotopic (exact) mass is 589 g/mol. The number of nitrogens with two attached hydrogens (primary N) is 1. The fraction of sp³-hybridized carbons (Fsp3) is 0.621. The van der Waals surface area contributed by atoms with Crippen LogP contribution in [-0.2, 0) is 6.54 Å². The number of piperidine rings is 1. The van der Waals surface area contributed by atoms with Gasteiger partial charge in [-0.3, -0.25) is 14.6 Å². The number of ether oxygens (including phenoxy) is 1. The van der Waals surface area contributed by atoms with E-state index < -0.39 is 0 Å². The number of piperazine rings is 1. The molecule has 0 radical (unpaired) electrons. The van der Waals surface area contributed by atoms with Gasteiger partial charge in [-0.15, -0.1) is 0 Å². The summed E-state index contributed by atoms with van der Waals surface area (Å²) in [7, 11) is 0. The normalized spacial score (nSPS) is 21.0. The van der Waals surface area contributed by atoms with Crippen molar-refractivity contribution in [3.63, 3.8) is 0 Å². The van der Waals surface area contributed by atoms with Crippen LogP contribution in [0.5, 0.6) is 5.75 Å². The van der Waals surface area contributed by atoms with Crippen molar-refractivity contribution in [2.75, 3.05) is 50.0 Å². The zero-order chi connectivity index (χ0) is 28.2. The molecule has 2 aliphatic heterocycles. The van der Waals surface area contributed by atoms with E-state index in [9.17, 15) is 4.79 Å². The molecule has 9 nitrogen and oxygen atoms in total. The van der Waals surface area contributed by atoms with Crippen molar-refractivity contribution in [1.29, 1.82) is 0 Å². The lowest BCUT2D eigenvalue weighted by atomic mass is 9.97. The van der Waals surface area contributed by atoms with Crippen LogP contribution in [0.1, 0.15) is 68.4 Å². The van der Waals surface area contributed by atoms with Gasteiger partial charge in [-0.05, 0) is 63.7 Å². The van der Waals surface area contributed by atoms with Crippen LogP contribution in [0.2, 0.25) is 10.2 Å². The van der Waals surface area contributed by atoms with Gasteiger partial charge in [-0.1, -0.05) is 43.1 Å². The smallest absolute Gasteiger partial charge is 0.274 e. The Morgan fingerprint density at radius 1 is 1.10 bits per heavy atom. The highest BCUT2D eigenvalue weighted by molar-refractivity contribution is 6.32. The highest BCUT2D eigenvalue weighted by atomic mass is 35.5. The average Bonchev–Trinajstić information content (AvgIpc) is 3.78. The van der Waals surface area contributed by atoms with E-state index in [4.69, 9.17) is 33.7 Å². The topological polar surface area (TPSA) is 99.9 Å². The van der Waals surface area contributed by atoms with Crippen molar-refractivity contribution in [3.8, 4) is 5.75 Å².